The minimum absolute atomic E-state index is 0.00173. The molecule has 158 valence electrons. The molecule has 1 spiro atoms. The Morgan fingerprint density at radius 2 is 1.77 bits per heavy atom. The zero-order chi connectivity index (χ0) is 21.9. The first-order chi connectivity index (χ1) is 14.8. The standard InChI is InChI=1S/C22H19FN4O4/c23-11-5-7-12(8-6-11)27-19(29)17-15(9-10-16(24)28)26-22(18(17)20(27)30)13-3-1-2-4-14(13)25-21(22)31/h1-8,15,17-18,26H,9-10H2,(H2,24,28)(H,25,31)/t15-,17-,18+,22-/m0/s1. The highest BCUT2D eigenvalue weighted by molar-refractivity contribution is 6.25. The van der Waals surface area contributed by atoms with Gasteiger partial charge >= 0.3 is 0 Å². The van der Waals surface area contributed by atoms with Gasteiger partial charge in [0.1, 0.15) is 11.4 Å². The van der Waals surface area contributed by atoms with E-state index in [0.29, 0.717) is 11.3 Å². The van der Waals surface area contributed by atoms with Crippen molar-refractivity contribution >= 4 is 35.0 Å². The van der Waals surface area contributed by atoms with Crippen molar-refractivity contribution in [2.24, 2.45) is 17.6 Å². The summed E-state index contributed by atoms with van der Waals surface area (Å²) in [4.78, 5) is 52.6. The van der Waals surface area contributed by atoms with Crippen molar-refractivity contribution in [2.75, 3.05) is 10.2 Å². The SMILES string of the molecule is NC(=O)CC[C@@H]1N[C@]2(C(=O)Nc3ccccc32)[C@H]2C(=O)N(c3ccc(F)cc3)C(=O)[C@@H]12. The third kappa shape index (κ3) is 2.63. The second kappa shape index (κ2) is 6.71. The van der Waals surface area contributed by atoms with Gasteiger partial charge in [0.25, 0.3) is 0 Å². The van der Waals surface area contributed by atoms with E-state index < -0.39 is 52.9 Å². The van der Waals surface area contributed by atoms with Crippen LogP contribution in [0.2, 0.25) is 0 Å². The number of anilines is 2. The Morgan fingerprint density at radius 1 is 1.06 bits per heavy atom. The quantitative estimate of drug-likeness (QED) is 0.635. The van der Waals surface area contributed by atoms with Crippen LogP contribution in [-0.2, 0) is 24.7 Å². The first kappa shape index (κ1) is 19.4. The van der Waals surface area contributed by atoms with Gasteiger partial charge in [-0.15, -0.1) is 0 Å². The molecule has 4 atom stereocenters. The van der Waals surface area contributed by atoms with Gasteiger partial charge in [0.15, 0.2) is 0 Å². The monoisotopic (exact) mass is 422 g/mol. The number of hydrogen-bond acceptors (Lipinski definition) is 5. The average molecular weight is 422 g/mol. The van der Waals surface area contributed by atoms with Gasteiger partial charge in [0.05, 0.1) is 17.5 Å². The Hall–Kier alpha value is -3.59. The molecule has 0 aromatic heterocycles. The van der Waals surface area contributed by atoms with Gasteiger partial charge in [-0.1, -0.05) is 18.2 Å². The second-order valence-corrected chi connectivity index (χ2v) is 8.06. The minimum Gasteiger partial charge on any atom is -0.370 e. The molecule has 3 aliphatic heterocycles. The molecule has 2 aromatic carbocycles. The number of nitrogens with two attached hydrogens (primary N) is 1. The van der Waals surface area contributed by atoms with Gasteiger partial charge in [-0.25, -0.2) is 9.29 Å². The van der Waals surface area contributed by atoms with Crippen LogP contribution in [0.25, 0.3) is 0 Å². The Labute approximate surface area is 176 Å². The number of carbonyl (C=O) groups excluding carboxylic acids is 4. The van der Waals surface area contributed by atoms with Crippen LogP contribution in [0.1, 0.15) is 18.4 Å². The van der Waals surface area contributed by atoms with Crippen molar-refractivity contribution in [3.63, 3.8) is 0 Å². The zero-order valence-corrected chi connectivity index (χ0v) is 16.3. The second-order valence-electron chi connectivity index (χ2n) is 8.06. The molecule has 9 heteroatoms. The predicted octanol–water partition coefficient (Wildman–Crippen LogP) is 1.02. The molecule has 0 unspecified atom stereocenters. The lowest BCUT2D eigenvalue weighted by atomic mass is 9.76. The molecule has 4 N–H and O–H groups in total. The van der Waals surface area contributed by atoms with Crippen molar-refractivity contribution in [3.05, 3.63) is 59.9 Å². The minimum atomic E-state index is -1.44. The Morgan fingerprint density at radius 3 is 2.48 bits per heavy atom. The van der Waals surface area contributed by atoms with E-state index in [1.807, 2.05) is 0 Å². The van der Waals surface area contributed by atoms with Crippen molar-refractivity contribution in [1.29, 1.82) is 0 Å². The highest BCUT2D eigenvalue weighted by atomic mass is 19.1. The summed E-state index contributed by atoms with van der Waals surface area (Å²) in [6.45, 7) is 0. The molecule has 0 aliphatic carbocycles. The molecule has 8 nitrogen and oxygen atoms in total. The van der Waals surface area contributed by atoms with Gasteiger partial charge < -0.3 is 11.1 Å². The molecule has 2 fully saturated rings. The summed E-state index contributed by atoms with van der Waals surface area (Å²) in [5.41, 5.74) is 5.25. The zero-order valence-electron chi connectivity index (χ0n) is 16.3. The molecule has 3 heterocycles. The number of halogens is 1. The predicted molar refractivity (Wildman–Crippen MR) is 108 cm³/mol. The third-order valence-electron chi connectivity index (χ3n) is 6.41. The summed E-state index contributed by atoms with van der Waals surface area (Å²) in [5.74, 6) is -4.36. The Balaban J connectivity index is 1.64. The number of rotatable bonds is 4. The van der Waals surface area contributed by atoms with E-state index >= 15 is 0 Å². The normalized spacial score (nSPS) is 28.7. The lowest BCUT2D eigenvalue weighted by Gasteiger charge is -2.29. The van der Waals surface area contributed by atoms with Crippen molar-refractivity contribution in [2.45, 2.75) is 24.4 Å². The third-order valence-corrected chi connectivity index (χ3v) is 6.41. The fourth-order valence-corrected chi connectivity index (χ4v) is 5.15. The molecular formula is C22H19FN4O4. The molecule has 3 aliphatic rings. The summed E-state index contributed by atoms with van der Waals surface area (Å²) in [6.07, 6.45) is 0.197. The fourth-order valence-electron chi connectivity index (χ4n) is 5.15. The molecule has 2 aromatic rings. The number of para-hydroxylation sites is 1. The maximum absolute atomic E-state index is 13.6. The number of nitrogens with one attached hydrogen (secondary N) is 2. The van der Waals surface area contributed by atoms with E-state index in [1.165, 1.54) is 24.3 Å². The van der Waals surface area contributed by atoms with Crippen LogP contribution in [0, 0.1) is 17.7 Å². The maximum Gasteiger partial charge on any atom is 0.250 e. The molecule has 5 rings (SSSR count). The van der Waals surface area contributed by atoms with Gasteiger partial charge in [0.2, 0.25) is 23.6 Å². The molecule has 31 heavy (non-hydrogen) atoms. The maximum atomic E-state index is 13.6. The molecule has 0 bridgehead atoms. The molecule has 2 saturated heterocycles. The summed E-state index contributed by atoms with van der Waals surface area (Å²) < 4.78 is 13.4. The Bertz CT molecular complexity index is 1130. The van der Waals surface area contributed by atoms with Gasteiger partial charge in [0, 0.05) is 23.7 Å². The highest BCUT2D eigenvalue weighted by Gasteiger charge is 2.70. The molecule has 4 amide bonds. The number of primary amides is 1. The van der Waals surface area contributed by atoms with E-state index in [4.69, 9.17) is 5.73 Å². The van der Waals surface area contributed by atoms with E-state index in [2.05, 4.69) is 10.6 Å². The van der Waals surface area contributed by atoms with Gasteiger partial charge in [-0.2, -0.15) is 0 Å². The first-order valence-corrected chi connectivity index (χ1v) is 9.95. The smallest absolute Gasteiger partial charge is 0.250 e. The van der Waals surface area contributed by atoms with Crippen LogP contribution in [0.3, 0.4) is 0 Å². The van der Waals surface area contributed by atoms with Crippen LogP contribution >= 0.6 is 0 Å². The number of hydrogen-bond donors (Lipinski definition) is 3. The van der Waals surface area contributed by atoms with Gasteiger partial charge in [-0.3, -0.25) is 24.5 Å². The number of fused-ring (bicyclic) bond motifs is 4. The van der Waals surface area contributed by atoms with E-state index in [9.17, 15) is 23.6 Å². The number of nitrogens with zero attached hydrogens (tertiary/aromatic N) is 1. The highest BCUT2D eigenvalue weighted by Crippen LogP contribution is 2.53. The van der Waals surface area contributed by atoms with Crippen LogP contribution in [0.15, 0.2) is 48.5 Å². The molecule has 0 radical (unpaired) electrons. The van der Waals surface area contributed by atoms with E-state index in [1.54, 1.807) is 24.3 Å². The average Bonchev–Trinajstić information content (AvgIpc) is 3.32. The topological polar surface area (TPSA) is 122 Å². The van der Waals surface area contributed by atoms with Gasteiger partial charge in [-0.05, 0) is 36.8 Å². The number of benzene rings is 2. The largest absolute Gasteiger partial charge is 0.370 e. The number of carbonyl (C=O) groups is 4. The lowest BCUT2D eigenvalue weighted by molar-refractivity contribution is -0.130. The molecular weight excluding hydrogens is 403 g/mol. The van der Waals surface area contributed by atoms with E-state index in [0.717, 1.165) is 4.90 Å². The summed E-state index contributed by atoms with van der Waals surface area (Å²) in [6, 6.07) is 11.4. The molecule has 0 saturated carbocycles. The van der Waals surface area contributed by atoms with Crippen molar-refractivity contribution < 1.29 is 23.6 Å². The number of amides is 4. The van der Waals surface area contributed by atoms with Crippen LogP contribution < -0.4 is 21.3 Å². The van der Waals surface area contributed by atoms with Crippen molar-refractivity contribution in [3.8, 4) is 0 Å². The summed E-state index contributed by atoms with van der Waals surface area (Å²) in [7, 11) is 0. The Kier molecular flexibility index (Phi) is 4.19. The van der Waals surface area contributed by atoms with Crippen LogP contribution in [-0.4, -0.2) is 29.7 Å². The van der Waals surface area contributed by atoms with Crippen LogP contribution in [0.5, 0.6) is 0 Å². The van der Waals surface area contributed by atoms with Crippen LogP contribution in [0.4, 0.5) is 15.8 Å². The number of imide groups is 1. The fraction of sp³-hybridized carbons (Fsp3) is 0.273. The summed E-state index contributed by atoms with van der Waals surface area (Å²) >= 11 is 0. The lowest BCUT2D eigenvalue weighted by Crippen LogP contribution is -2.53. The summed E-state index contributed by atoms with van der Waals surface area (Å²) in [5, 5.41) is 6.02. The van der Waals surface area contributed by atoms with E-state index in [-0.39, 0.29) is 18.5 Å². The first-order valence-electron chi connectivity index (χ1n) is 9.95. The van der Waals surface area contributed by atoms with Crippen molar-refractivity contribution in [1.82, 2.24) is 5.32 Å².